The van der Waals surface area contributed by atoms with Crippen LogP contribution in [0.15, 0.2) is 0 Å². The fourth-order valence-corrected chi connectivity index (χ4v) is 1.80. The monoisotopic (exact) mass is 229 g/mol. The lowest BCUT2D eigenvalue weighted by molar-refractivity contribution is -0.144. The fraction of sp³-hybridized carbons (Fsp3) is 0.917. The summed E-state index contributed by atoms with van der Waals surface area (Å²) in [6.07, 6.45) is 2.23. The largest absolute Gasteiger partial charge is 0.468 e. The van der Waals surface area contributed by atoms with Crippen LogP contribution in [-0.2, 0) is 14.3 Å². The van der Waals surface area contributed by atoms with Crippen molar-refractivity contribution >= 4 is 5.97 Å². The van der Waals surface area contributed by atoms with Gasteiger partial charge in [0.05, 0.1) is 13.7 Å². The van der Waals surface area contributed by atoms with Crippen LogP contribution in [0.25, 0.3) is 0 Å². The Bertz CT molecular complexity index is 226. The molecule has 1 saturated carbocycles. The number of esters is 1. The molecule has 0 spiro atoms. The molecule has 1 aliphatic carbocycles. The lowest BCUT2D eigenvalue weighted by Crippen LogP contribution is -2.49. The highest BCUT2D eigenvalue weighted by Crippen LogP contribution is 2.33. The summed E-state index contributed by atoms with van der Waals surface area (Å²) in [4.78, 5) is 11.6. The van der Waals surface area contributed by atoms with Crippen LogP contribution in [0.5, 0.6) is 0 Å². The van der Waals surface area contributed by atoms with E-state index in [1.165, 1.54) is 7.11 Å². The zero-order valence-electron chi connectivity index (χ0n) is 10.7. The highest BCUT2D eigenvalue weighted by atomic mass is 16.5. The average Bonchev–Trinajstić information content (AvgIpc) is 3.06. The van der Waals surface area contributed by atoms with Crippen molar-refractivity contribution in [2.24, 2.45) is 11.8 Å². The van der Waals surface area contributed by atoms with Gasteiger partial charge in [-0.05, 0) is 24.7 Å². The normalized spacial score (nSPS) is 19.6. The van der Waals surface area contributed by atoms with Gasteiger partial charge in [-0.2, -0.15) is 0 Å². The molecule has 1 fully saturated rings. The van der Waals surface area contributed by atoms with Crippen molar-refractivity contribution in [1.82, 2.24) is 5.32 Å². The fourth-order valence-electron chi connectivity index (χ4n) is 1.80. The van der Waals surface area contributed by atoms with Crippen molar-refractivity contribution in [2.45, 2.75) is 38.8 Å². The van der Waals surface area contributed by atoms with Gasteiger partial charge in [-0.25, -0.2) is 0 Å². The SMILES string of the molecule is COCC(NC(C(=O)OC)C1CC1)C(C)C. The number of methoxy groups -OCH3 is 2. The van der Waals surface area contributed by atoms with Crippen LogP contribution in [0.2, 0.25) is 0 Å². The molecule has 1 N–H and O–H groups in total. The third kappa shape index (κ3) is 3.76. The van der Waals surface area contributed by atoms with E-state index in [0.717, 1.165) is 12.8 Å². The van der Waals surface area contributed by atoms with Gasteiger partial charge in [0.25, 0.3) is 0 Å². The molecule has 0 saturated heterocycles. The van der Waals surface area contributed by atoms with Crippen LogP contribution in [0.4, 0.5) is 0 Å². The molecule has 0 aliphatic heterocycles. The van der Waals surface area contributed by atoms with Crippen LogP contribution in [-0.4, -0.2) is 38.9 Å². The van der Waals surface area contributed by atoms with E-state index in [2.05, 4.69) is 19.2 Å². The average molecular weight is 229 g/mol. The quantitative estimate of drug-likeness (QED) is 0.666. The summed E-state index contributed by atoms with van der Waals surface area (Å²) in [7, 11) is 3.13. The zero-order chi connectivity index (χ0) is 12.1. The molecule has 16 heavy (non-hydrogen) atoms. The van der Waals surface area contributed by atoms with E-state index in [4.69, 9.17) is 9.47 Å². The molecule has 94 valence electrons. The smallest absolute Gasteiger partial charge is 0.323 e. The second-order valence-electron chi connectivity index (χ2n) is 4.81. The van der Waals surface area contributed by atoms with Crippen molar-refractivity contribution in [3.63, 3.8) is 0 Å². The van der Waals surface area contributed by atoms with E-state index in [1.54, 1.807) is 7.11 Å². The Balaban J connectivity index is 2.54. The summed E-state index contributed by atoms with van der Waals surface area (Å²) in [5.41, 5.74) is 0. The predicted molar refractivity (Wildman–Crippen MR) is 62.2 cm³/mol. The van der Waals surface area contributed by atoms with Gasteiger partial charge < -0.3 is 9.47 Å². The summed E-state index contributed by atoms with van der Waals surface area (Å²) in [6, 6.07) is 0.0437. The Morgan fingerprint density at radius 1 is 1.38 bits per heavy atom. The lowest BCUT2D eigenvalue weighted by atomic mass is 10.0. The van der Waals surface area contributed by atoms with Gasteiger partial charge in [0.1, 0.15) is 6.04 Å². The minimum absolute atomic E-state index is 0.149. The third-order valence-electron chi connectivity index (χ3n) is 3.09. The number of rotatable bonds is 7. The second-order valence-corrected chi connectivity index (χ2v) is 4.81. The van der Waals surface area contributed by atoms with Crippen LogP contribution < -0.4 is 5.32 Å². The molecule has 1 rings (SSSR count). The minimum Gasteiger partial charge on any atom is -0.468 e. The van der Waals surface area contributed by atoms with E-state index in [1.807, 2.05) is 0 Å². The molecule has 2 unspecified atom stereocenters. The first-order valence-corrected chi connectivity index (χ1v) is 5.93. The molecule has 0 heterocycles. The third-order valence-corrected chi connectivity index (χ3v) is 3.09. The minimum atomic E-state index is -0.160. The summed E-state index contributed by atoms with van der Waals surface area (Å²) in [5.74, 6) is 0.737. The molecule has 4 heteroatoms. The van der Waals surface area contributed by atoms with E-state index < -0.39 is 0 Å². The summed E-state index contributed by atoms with van der Waals surface area (Å²) in [5, 5.41) is 3.37. The Morgan fingerprint density at radius 3 is 2.38 bits per heavy atom. The van der Waals surface area contributed by atoms with E-state index in [9.17, 15) is 4.79 Å². The van der Waals surface area contributed by atoms with Crippen molar-refractivity contribution < 1.29 is 14.3 Å². The summed E-state index contributed by atoms with van der Waals surface area (Å²) < 4.78 is 10.00. The maximum atomic E-state index is 11.6. The number of carbonyl (C=O) groups excluding carboxylic acids is 1. The Morgan fingerprint density at radius 2 is 2.00 bits per heavy atom. The number of carbonyl (C=O) groups is 1. The lowest BCUT2D eigenvalue weighted by Gasteiger charge is -2.26. The molecule has 0 bridgehead atoms. The molecule has 2 atom stereocenters. The summed E-state index contributed by atoms with van der Waals surface area (Å²) >= 11 is 0. The van der Waals surface area contributed by atoms with Crippen LogP contribution in [0.3, 0.4) is 0 Å². The Kier molecular flexibility index (Phi) is 5.22. The molecule has 4 nitrogen and oxygen atoms in total. The van der Waals surface area contributed by atoms with Crippen LogP contribution in [0.1, 0.15) is 26.7 Å². The second kappa shape index (κ2) is 6.21. The molecule has 0 aromatic heterocycles. The molecule has 0 aromatic rings. The van der Waals surface area contributed by atoms with E-state index >= 15 is 0 Å². The summed E-state index contributed by atoms with van der Waals surface area (Å²) in [6.45, 7) is 4.87. The van der Waals surface area contributed by atoms with Gasteiger partial charge in [0.2, 0.25) is 0 Å². The Labute approximate surface area is 97.7 Å². The van der Waals surface area contributed by atoms with E-state index in [-0.39, 0.29) is 18.1 Å². The van der Waals surface area contributed by atoms with Crippen LogP contribution >= 0.6 is 0 Å². The first-order chi connectivity index (χ1) is 7.60. The Hall–Kier alpha value is -0.610. The standard InChI is InChI=1S/C12H23NO3/c1-8(2)10(7-15-3)13-11(9-5-6-9)12(14)16-4/h8-11,13H,5-7H2,1-4H3. The first kappa shape index (κ1) is 13.5. The molecule has 1 aliphatic rings. The first-order valence-electron chi connectivity index (χ1n) is 5.93. The molecule has 0 amide bonds. The van der Waals surface area contributed by atoms with E-state index in [0.29, 0.717) is 18.4 Å². The maximum Gasteiger partial charge on any atom is 0.323 e. The van der Waals surface area contributed by atoms with Crippen molar-refractivity contribution in [3.05, 3.63) is 0 Å². The van der Waals surface area contributed by atoms with Gasteiger partial charge in [0, 0.05) is 13.2 Å². The molecular formula is C12H23NO3. The van der Waals surface area contributed by atoms with Gasteiger partial charge >= 0.3 is 5.97 Å². The number of nitrogens with one attached hydrogen (secondary N) is 1. The zero-order valence-corrected chi connectivity index (χ0v) is 10.7. The van der Waals surface area contributed by atoms with Gasteiger partial charge in [-0.15, -0.1) is 0 Å². The molecular weight excluding hydrogens is 206 g/mol. The molecule has 0 aromatic carbocycles. The highest BCUT2D eigenvalue weighted by Gasteiger charge is 2.38. The number of hydrogen-bond acceptors (Lipinski definition) is 4. The van der Waals surface area contributed by atoms with Crippen molar-refractivity contribution in [2.75, 3.05) is 20.8 Å². The highest BCUT2D eigenvalue weighted by molar-refractivity contribution is 5.76. The number of ether oxygens (including phenoxy) is 2. The predicted octanol–water partition coefficient (Wildman–Crippen LogP) is 1.20. The molecule has 0 radical (unpaired) electrons. The van der Waals surface area contributed by atoms with Crippen molar-refractivity contribution in [3.8, 4) is 0 Å². The van der Waals surface area contributed by atoms with Gasteiger partial charge in [0.15, 0.2) is 0 Å². The van der Waals surface area contributed by atoms with Crippen LogP contribution in [0, 0.1) is 11.8 Å². The van der Waals surface area contributed by atoms with Crippen molar-refractivity contribution in [1.29, 1.82) is 0 Å². The van der Waals surface area contributed by atoms with Gasteiger partial charge in [-0.3, -0.25) is 10.1 Å². The number of hydrogen-bond donors (Lipinski definition) is 1. The van der Waals surface area contributed by atoms with Gasteiger partial charge in [-0.1, -0.05) is 13.8 Å². The topological polar surface area (TPSA) is 47.6 Å². The maximum absolute atomic E-state index is 11.6.